The second-order valence-electron chi connectivity index (χ2n) is 25.0. The van der Waals surface area contributed by atoms with E-state index in [1.165, 1.54) is 54.9 Å². The Morgan fingerprint density at radius 1 is 0.505 bits per heavy atom. The molecule has 0 atom stereocenters. The number of halogens is 12. The largest absolute Gasteiger partial charge is 0.476 e. The number of pyridine rings is 3. The average Bonchev–Trinajstić information content (AvgIpc) is 1.06. The van der Waals surface area contributed by atoms with Crippen molar-refractivity contribution in [2.45, 2.75) is 128 Å². The van der Waals surface area contributed by atoms with Gasteiger partial charge < -0.3 is 19.9 Å². The Balaban J connectivity index is 0.000000242. The molecule has 0 spiro atoms. The molecule has 3 aromatic carbocycles. The minimum atomic E-state index is -4.78. The second kappa shape index (κ2) is 35.6. The third kappa shape index (κ3) is 24.4. The number of carboxylic acid groups (broad SMARTS) is 1. The Morgan fingerprint density at radius 2 is 0.856 bits per heavy atom. The summed E-state index contributed by atoms with van der Waals surface area (Å²) in [5.41, 5.74) is -7.51. The molecule has 44 heteroatoms. The van der Waals surface area contributed by atoms with Gasteiger partial charge in [-0.2, -0.15) is 54.0 Å². The number of amides is 2. The fraction of sp³-hybridized carbons (Fsp3) is 0.299. The molecule has 9 rings (SSSR count). The van der Waals surface area contributed by atoms with Crippen LogP contribution in [0.4, 0.5) is 83.6 Å². The maximum atomic E-state index is 13.4. The number of hydrogen-bond donors (Lipinski definition) is 6. The normalized spacial score (nSPS) is 12.0. The number of H-pyrrole nitrogens is 1. The van der Waals surface area contributed by atoms with Crippen molar-refractivity contribution in [3.8, 4) is 0 Å². The van der Waals surface area contributed by atoms with Gasteiger partial charge in [-0.1, -0.05) is 53.0 Å². The first-order chi connectivity index (χ1) is 51.2. The smallest absolute Gasteiger partial charge is 0.435 e. The van der Waals surface area contributed by atoms with Crippen LogP contribution in [0.15, 0.2) is 143 Å². The van der Waals surface area contributed by atoms with Gasteiger partial charge in [0, 0.05) is 68.8 Å². The van der Waals surface area contributed by atoms with E-state index in [2.05, 4.69) is 50.1 Å². The van der Waals surface area contributed by atoms with E-state index in [1.54, 1.807) is 46.9 Å². The number of carbonyl (C=O) groups is 5. The Morgan fingerprint density at radius 3 is 1.19 bits per heavy atom. The van der Waals surface area contributed by atoms with Crippen LogP contribution < -0.4 is 29.3 Å². The van der Waals surface area contributed by atoms with Gasteiger partial charge in [0.25, 0.3) is 41.9 Å². The summed E-state index contributed by atoms with van der Waals surface area (Å²) in [4.78, 5) is 73.2. The van der Waals surface area contributed by atoms with Crippen LogP contribution in [-0.4, -0.2) is 136 Å². The zero-order valence-corrected chi connectivity index (χ0v) is 64.9. The number of sulfonamides is 3. The molecule has 2 amide bonds. The molecule has 9 aromatic rings. The van der Waals surface area contributed by atoms with Crippen molar-refractivity contribution >= 4 is 129 Å². The standard InChI is InChI=1S/C24H25ClF3N5O5S.C19H17ClF3N5O3S.C14H10ClF3N2O4S.C10H17N3O2/c1-6-32(19-9-10-33(30-19)22(35)38-23(3,4)5)21(34)20-18(11-15(25)13-29-20)31-39(36,37)16-8-7-14(2)17(12-16)24(26,27)28;1-3-28(16-6-7-25-26-16)18(29)17-15(8-12(20)10-24-17)27-32(30,31)13-5-4-11(2)14(9-13)19(21,22)23;1-7-2-3-9(5-10(7)14(16,17)18)25(23,24)20-11-4-8(15)6-19-12(11)13(21)22;1-5-11-8-6-7-13(12-8)9(14)15-10(2,3)4/h7-13,31H,6H2,1-5H3;4-10,27H,3H2,1-2H3,(H,25,26);2-6,20H,1H3,(H,21,22);6-7H,5H2,1-4H3,(H,11,12). The molecular weight excluding hydrogens is 1610 g/mol. The third-order valence-corrected chi connectivity index (χ3v) is 18.9. The number of aryl methyl sites for hydroxylation is 3. The van der Waals surface area contributed by atoms with Crippen molar-refractivity contribution in [2.75, 3.05) is 48.9 Å². The zero-order chi connectivity index (χ0) is 83.5. The van der Waals surface area contributed by atoms with Crippen molar-refractivity contribution in [1.82, 2.24) is 44.7 Å². The fourth-order valence-electron chi connectivity index (χ4n) is 9.26. The molecule has 6 aromatic heterocycles. The molecule has 111 heavy (non-hydrogen) atoms. The van der Waals surface area contributed by atoms with E-state index in [9.17, 15) is 88.7 Å². The minimum absolute atomic E-state index is 0.0173. The van der Waals surface area contributed by atoms with Crippen LogP contribution in [0.5, 0.6) is 0 Å². The van der Waals surface area contributed by atoms with Crippen LogP contribution in [-0.2, 0) is 58.1 Å². The maximum Gasteiger partial charge on any atom is 0.435 e. The van der Waals surface area contributed by atoms with Gasteiger partial charge in [-0.3, -0.25) is 38.7 Å². The van der Waals surface area contributed by atoms with Gasteiger partial charge >= 0.3 is 36.7 Å². The number of aromatic amines is 1. The monoisotopic (exact) mass is 1680 g/mol. The summed E-state index contributed by atoms with van der Waals surface area (Å²) in [5, 5.41) is 26.4. The highest BCUT2D eigenvalue weighted by Gasteiger charge is 2.38. The first-order valence-electron chi connectivity index (χ1n) is 32.0. The lowest BCUT2D eigenvalue weighted by Gasteiger charge is -2.20. The predicted octanol–water partition coefficient (Wildman–Crippen LogP) is 15.4. The van der Waals surface area contributed by atoms with Gasteiger partial charge in [0.2, 0.25) is 0 Å². The molecular formula is C67H69Cl3F9N15O14S3. The van der Waals surface area contributed by atoms with Gasteiger partial charge in [-0.25, -0.2) is 54.6 Å². The zero-order valence-electron chi connectivity index (χ0n) is 60.2. The van der Waals surface area contributed by atoms with Crippen molar-refractivity contribution in [3.63, 3.8) is 0 Å². The van der Waals surface area contributed by atoms with Crippen molar-refractivity contribution < 1.29 is 103 Å². The van der Waals surface area contributed by atoms with Crippen molar-refractivity contribution in [1.29, 1.82) is 0 Å². The second-order valence-corrected chi connectivity index (χ2v) is 31.3. The number of nitrogens with zero attached hydrogens (tertiary/aromatic N) is 10. The molecule has 0 aliphatic carbocycles. The third-order valence-electron chi connectivity index (χ3n) is 14.2. The summed E-state index contributed by atoms with van der Waals surface area (Å²) < 4.78 is 214. The number of anilines is 6. The van der Waals surface area contributed by atoms with Crippen molar-refractivity contribution in [3.05, 3.63) is 194 Å². The lowest BCUT2D eigenvalue weighted by Crippen LogP contribution is -2.33. The molecule has 0 aliphatic rings. The predicted molar refractivity (Wildman–Crippen MR) is 391 cm³/mol. The first-order valence-corrected chi connectivity index (χ1v) is 37.6. The lowest BCUT2D eigenvalue weighted by molar-refractivity contribution is -0.139. The summed E-state index contributed by atoms with van der Waals surface area (Å²) >= 11 is 17.6. The van der Waals surface area contributed by atoms with Crippen molar-refractivity contribution in [2.24, 2.45) is 0 Å². The van der Waals surface area contributed by atoms with Crippen LogP contribution in [0.1, 0.15) is 127 Å². The van der Waals surface area contributed by atoms with Crippen LogP contribution in [0.3, 0.4) is 0 Å². The maximum absolute atomic E-state index is 13.4. The molecule has 0 aliphatic heterocycles. The number of hydrogen-bond acceptors (Lipinski definition) is 20. The molecule has 0 radical (unpaired) electrons. The highest BCUT2D eigenvalue weighted by atomic mass is 35.5. The van der Waals surface area contributed by atoms with Gasteiger partial charge in [0.1, 0.15) is 22.8 Å². The van der Waals surface area contributed by atoms with E-state index in [0.717, 1.165) is 89.3 Å². The SMILES string of the molecule is CCN(C(=O)c1ncc(Cl)cc1NS(=O)(=O)c1ccc(C)c(C(F)(F)F)c1)c1ccn(C(=O)OC(C)(C)C)n1.CCN(C(=O)c1ncc(Cl)cc1NS(=O)(=O)c1ccc(C)c(C(F)(F)F)c1)c1ccn[nH]1.CCNc1ccn(C(=O)OC(C)(C)C)n1.Cc1ccc(S(=O)(=O)Nc2cc(Cl)cnc2C(=O)O)cc1C(F)(F)F. The van der Waals surface area contributed by atoms with E-state index in [1.807, 2.05) is 32.4 Å². The number of ether oxygens (including phenoxy) is 2. The number of alkyl halides is 9. The number of aromatic carboxylic acids is 1. The van der Waals surface area contributed by atoms with Crippen LogP contribution in [0, 0.1) is 20.8 Å². The molecule has 0 saturated heterocycles. The molecule has 29 nitrogen and oxygen atoms in total. The molecule has 0 unspecified atom stereocenters. The number of rotatable bonds is 18. The Labute approximate surface area is 644 Å². The van der Waals surface area contributed by atoms with E-state index < -0.39 is 138 Å². The van der Waals surface area contributed by atoms with Crippen LogP contribution >= 0.6 is 34.8 Å². The number of benzene rings is 3. The van der Waals surface area contributed by atoms with Gasteiger partial charge in [-0.15, -0.1) is 10.2 Å². The summed E-state index contributed by atoms with van der Waals surface area (Å²) in [6.07, 6.45) is -7.96. The quantitative estimate of drug-likeness (QED) is 0.0435. The Hall–Kier alpha value is -10.6. The van der Waals surface area contributed by atoms with E-state index >= 15 is 0 Å². The lowest BCUT2D eigenvalue weighted by atomic mass is 10.1. The average molecular weight is 1680 g/mol. The summed E-state index contributed by atoms with van der Waals surface area (Å²) in [7, 11) is -13.6. The molecule has 0 fully saturated rings. The van der Waals surface area contributed by atoms with E-state index in [4.69, 9.17) is 49.4 Å². The van der Waals surface area contributed by atoms with Crippen LogP contribution in [0.25, 0.3) is 0 Å². The molecule has 0 saturated carbocycles. The Bertz CT molecular complexity index is 5270. The fourth-order valence-corrected chi connectivity index (χ4v) is 13.0. The number of aromatic nitrogens is 9. The molecule has 0 bridgehead atoms. The van der Waals surface area contributed by atoms with E-state index in [-0.39, 0.29) is 67.7 Å². The number of carboxylic acids is 1. The summed E-state index contributed by atoms with van der Waals surface area (Å²) in [6, 6.07) is 15.5. The summed E-state index contributed by atoms with van der Waals surface area (Å²) in [6.45, 7) is 20.3. The molecule has 598 valence electrons. The number of carbonyl (C=O) groups excluding carboxylic acids is 4. The highest BCUT2D eigenvalue weighted by Crippen LogP contribution is 2.38. The molecule has 6 N–H and O–H groups in total. The van der Waals surface area contributed by atoms with Crippen LogP contribution in [0.2, 0.25) is 15.1 Å². The highest BCUT2D eigenvalue weighted by molar-refractivity contribution is 7.93. The van der Waals surface area contributed by atoms with Gasteiger partial charge in [0.15, 0.2) is 22.9 Å². The van der Waals surface area contributed by atoms with Gasteiger partial charge in [0.05, 0.1) is 69.7 Å². The first kappa shape index (κ1) is 89.3. The van der Waals surface area contributed by atoms with Gasteiger partial charge in [-0.05, 0) is 154 Å². The van der Waals surface area contributed by atoms with E-state index in [0.29, 0.717) is 29.8 Å². The number of nitrogens with one attached hydrogen (secondary N) is 5. The minimum Gasteiger partial charge on any atom is -0.476 e. The Kier molecular flexibility index (Phi) is 28.6. The topological polar surface area (TPSA) is 384 Å². The summed E-state index contributed by atoms with van der Waals surface area (Å²) in [5.74, 6) is -1.98. The molecule has 6 heterocycles.